The average molecular weight is 425 g/mol. The van der Waals surface area contributed by atoms with E-state index in [1.807, 2.05) is 32.0 Å². The molecule has 1 N–H and O–H groups in total. The van der Waals surface area contributed by atoms with Crippen molar-refractivity contribution in [2.75, 3.05) is 0 Å². The molecule has 4 rings (SSSR count). The molecule has 1 fully saturated rings. The molecular weight excluding hydrogens is 396 g/mol. The van der Waals surface area contributed by atoms with Crippen molar-refractivity contribution < 1.29 is 4.79 Å². The molecule has 3 aromatic rings. The van der Waals surface area contributed by atoms with Gasteiger partial charge in [0, 0.05) is 28.9 Å². The fourth-order valence-corrected chi connectivity index (χ4v) is 4.82. The first-order chi connectivity index (χ1) is 14.3. The Balaban J connectivity index is 1.63. The number of aromatic nitrogens is 3. The number of amides is 1. The second kappa shape index (κ2) is 8.38. The Hall–Kier alpha value is -2.40. The van der Waals surface area contributed by atoms with E-state index in [0.717, 1.165) is 46.8 Å². The molecule has 30 heavy (non-hydrogen) atoms. The van der Waals surface area contributed by atoms with Crippen LogP contribution < -0.4 is 5.32 Å². The number of hydrogen-bond donors (Lipinski definition) is 1. The van der Waals surface area contributed by atoms with E-state index < -0.39 is 0 Å². The van der Waals surface area contributed by atoms with Crippen LogP contribution in [-0.4, -0.2) is 26.5 Å². The lowest BCUT2D eigenvalue weighted by Crippen LogP contribution is -2.43. The largest absolute Gasteiger partial charge is 0.349 e. The number of carbonyl (C=O) groups is 1. The summed E-state index contributed by atoms with van der Waals surface area (Å²) in [6.45, 7) is 8.53. The van der Waals surface area contributed by atoms with Crippen LogP contribution in [0.4, 0.5) is 0 Å². The van der Waals surface area contributed by atoms with Crippen molar-refractivity contribution in [1.29, 1.82) is 0 Å². The minimum atomic E-state index is -0.0789. The molecule has 158 valence electrons. The summed E-state index contributed by atoms with van der Waals surface area (Å²) >= 11 is 6.15. The Morgan fingerprint density at radius 3 is 2.83 bits per heavy atom. The number of nitrogens with one attached hydrogen (secondary N) is 1. The SMILES string of the molecule is Cc1nc2c(C(=O)N[C@@H]3CCC[C@H](C)[C@H]3C)cnn2c(C)c1Cc1cccc(Cl)c1. The van der Waals surface area contributed by atoms with Gasteiger partial charge in [-0.1, -0.05) is 50.4 Å². The van der Waals surface area contributed by atoms with Crippen LogP contribution in [0.3, 0.4) is 0 Å². The van der Waals surface area contributed by atoms with Crippen LogP contribution in [0.1, 0.15) is 66.0 Å². The van der Waals surface area contributed by atoms with Crippen molar-refractivity contribution in [3.05, 3.63) is 63.6 Å². The van der Waals surface area contributed by atoms with E-state index in [0.29, 0.717) is 23.0 Å². The van der Waals surface area contributed by atoms with Gasteiger partial charge in [-0.3, -0.25) is 4.79 Å². The predicted octanol–water partition coefficient (Wildman–Crippen LogP) is 5.14. The van der Waals surface area contributed by atoms with E-state index in [-0.39, 0.29) is 11.9 Å². The van der Waals surface area contributed by atoms with Gasteiger partial charge in [-0.05, 0) is 55.4 Å². The topological polar surface area (TPSA) is 59.3 Å². The van der Waals surface area contributed by atoms with E-state index >= 15 is 0 Å². The van der Waals surface area contributed by atoms with Crippen molar-refractivity contribution in [2.45, 2.75) is 59.4 Å². The maximum absolute atomic E-state index is 13.1. The summed E-state index contributed by atoms with van der Waals surface area (Å²) in [5.41, 5.74) is 5.30. The van der Waals surface area contributed by atoms with Crippen molar-refractivity contribution >= 4 is 23.2 Å². The predicted molar refractivity (Wildman–Crippen MR) is 120 cm³/mol. The van der Waals surface area contributed by atoms with E-state index in [9.17, 15) is 4.79 Å². The maximum atomic E-state index is 13.1. The summed E-state index contributed by atoms with van der Waals surface area (Å²) in [5.74, 6) is 1.03. The van der Waals surface area contributed by atoms with E-state index in [1.165, 1.54) is 6.42 Å². The van der Waals surface area contributed by atoms with Crippen LogP contribution in [0.25, 0.3) is 5.65 Å². The number of aryl methyl sites for hydroxylation is 2. The van der Waals surface area contributed by atoms with Crippen molar-refractivity contribution in [3.63, 3.8) is 0 Å². The Morgan fingerprint density at radius 1 is 1.27 bits per heavy atom. The maximum Gasteiger partial charge on any atom is 0.256 e. The highest BCUT2D eigenvalue weighted by atomic mass is 35.5. The molecule has 1 saturated carbocycles. The molecule has 1 aliphatic rings. The highest BCUT2D eigenvalue weighted by Gasteiger charge is 2.29. The number of fused-ring (bicyclic) bond motifs is 1. The molecule has 0 radical (unpaired) electrons. The summed E-state index contributed by atoms with van der Waals surface area (Å²) in [4.78, 5) is 17.8. The molecule has 5 nitrogen and oxygen atoms in total. The van der Waals surface area contributed by atoms with E-state index in [1.54, 1.807) is 10.7 Å². The number of carbonyl (C=O) groups excluding carboxylic acids is 1. The van der Waals surface area contributed by atoms with Gasteiger partial charge in [-0.25, -0.2) is 9.50 Å². The van der Waals surface area contributed by atoms with Crippen LogP contribution in [0.2, 0.25) is 5.02 Å². The summed E-state index contributed by atoms with van der Waals surface area (Å²) in [5, 5.41) is 8.46. The average Bonchev–Trinajstić information content (AvgIpc) is 3.13. The number of benzene rings is 1. The van der Waals surface area contributed by atoms with Crippen molar-refractivity contribution in [2.24, 2.45) is 11.8 Å². The normalized spacial score (nSPS) is 21.7. The fourth-order valence-electron chi connectivity index (χ4n) is 4.61. The molecule has 0 unspecified atom stereocenters. The molecule has 2 aromatic heterocycles. The monoisotopic (exact) mass is 424 g/mol. The molecule has 0 spiro atoms. The van der Waals surface area contributed by atoms with Crippen LogP contribution in [0.5, 0.6) is 0 Å². The molecule has 2 heterocycles. The van der Waals surface area contributed by atoms with Gasteiger partial charge in [-0.2, -0.15) is 5.10 Å². The second-order valence-corrected chi connectivity index (χ2v) is 9.15. The van der Waals surface area contributed by atoms with Gasteiger partial charge in [0.1, 0.15) is 5.56 Å². The first kappa shape index (κ1) is 20.9. The van der Waals surface area contributed by atoms with Gasteiger partial charge >= 0.3 is 0 Å². The minimum absolute atomic E-state index is 0.0789. The summed E-state index contributed by atoms with van der Waals surface area (Å²) in [6, 6.07) is 8.07. The molecule has 0 saturated heterocycles. The molecule has 3 atom stereocenters. The second-order valence-electron chi connectivity index (χ2n) is 8.71. The highest BCUT2D eigenvalue weighted by Crippen LogP contribution is 2.30. The van der Waals surface area contributed by atoms with Crippen LogP contribution in [0.15, 0.2) is 30.5 Å². The molecule has 6 heteroatoms. The highest BCUT2D eigenvalue weighted by molar-refractivity contribution is 6.30. The third kappa shape index (κ3) is 3.95. The van der Waals surface area contributed by atoms with E-state index in [4.69, 9.17) is 16.6 Å². The first-order valence-electron chi connectivity index (χ1n) is 10.7. The summed E-state index contributed by atoms with van der Waals surface area (Å²) in [7, 11) is 0. The van der Waals surface area contributed by atoms with Crippen molar-refractivity contribution in [3.8, 4) is 0 Å². The van der Waals surface area contributed by atoms with Crippen molar-refractivity contribution in [1.82, 2.24) is 19.9 Å². The zero-order valence-corrected chi connectivity index (χ0v) is 18.8. The van der Waals surface area contributed by atoms with Gasteiger partial charge in [0.25, 0.3) is 5.91 Å². The molecule has 0 aliphatic heterocycles. The zero-order valence-electron chi connectivity index (χ0n) is 18.1. The fraction of sp³-hybridized carbons (Fsp3) is 0.458. The number of rotatable bonds is 4. The summed E-state index contributed by atoms with van der Waals surface area (Å²) in [6.07, 6.45) is 5.80. The smallest absolute Gasteiger partial charge is 0.256 e. The zero-order chi connectivity index (χ0) is 21.4. The molecule has 1 amide bonds. The molecule has 0 bridgehead atoms. The lowest BCUT2D eigenvalue weighted by molar-refractivity contribution is 0.0892. The molecular formula is C24H29ClN4O. The van der Waals surface area contributed by atoms with Crippen LogP contribution in [0, 0.1) is 25.7 Å². The van der Waals surface area contributed by atoms with Gasteiger partial charge in [0.05, 0.1) is 6.20 Å². The van der Waals surface area contributed by atoms with E-state index in [2.05, 4.69) is 30.3 Å². The lowest BCUT2D eigenvalue weighted by atomic mass is 9.78. The van der Waals surface area contributed by atoms with Gasteiger partial charge in [-0.15, -0.1) is 0 Å². The Morgan fingerprint density at radius 2 is 2.07 bits per heavy atom. The Labute approximate surface area is 182 Å². The molecule has 1 aromatic carbocycles. The lowest BCUT2D eigenvalue weighted by Gasteiger charge is -2.34. The summed E-state index contributed by atoms with van der Waals surface area (Å²) < 4.78 is 1.79. The third-order valence-corrected chi connectivity index (χ3v) is 6.98. The standard InChI is InChI=1S/C24H29ClN4O/c1-14-7-5-10-22(15(14)2)28-24(30)21-13-26-29-17(4)20(16(3)27-23(21)29)12-18-8-6-9-19(25)11-18/h6,8-9,11,13-15,22H,5,7,10,12H2,1-4H3,(H,28,30)/t14-,15+,22+/m0/s1. The van der Waals surface area contributed by atoms with Crippen LogP contribution in [-0.2, 0) is 6.42 Å². The quantitative estimate of drug-likeness (QED) is 0.630. The third-order valence-electron chi connectivity index (χ3n) is 6.75. The number of nitrogens with zero attached hydrogens (tertiary/aromatic N) is 3. The van der Waals surface area contributed by atoms with Gasteiger partial charge < -0.3 is 5.32 Å². The Kier molecular flexibility index (Phi) is 5.83. The van der Waals surface area contributed by atoms with Gasteiger partial charge in [0.15, 0.2) is 5.65 Å². The minimum Gasteiger partial charge on any atom is -0.349 e. The molecule has 1 aliphatic carbocycles. The van der Waals surface area contributed by atoms with Gasteiger partial charge in [0.2, 0.25) is 0 Å². The Bertz CT molecular complexity index is 1090. The van der Waals surface area contributed by atoms with Crippen LogP contribution >= 0.6 is 11.6 Å². The first-order valence-corrected chi connectivity index (χ1v) is 11.1. The number of halogens is 1. The number of hydrogen-bond acceptors (Lipinski definition) is 3.